The highest BCUT2D eigenvalue weighted by Gasteiger charge is 2.08. The maximum atomic E-state index is 5.87. The fourth-order valence-electron chi connectivity index (χ4n) is 2.09. The molecule has 1 heterocycles. The summed E-state index contributed by atoms with van der Waals surface area (Å²) in [4.78, 5) is 5.83. The van der Waals surface area contributed by atoms with Crippen LogP contribution in [0.1, 0.15) is 33.6 Å². The van der Waals surface area contributed by atoms with Crippen molar-refractivity contribution < 1.29 is 4.74 Å². The van der Waals surface area contributed by atoms with E-state index in [1.807, 2.05) is 0 Å². The number of aromatic nitrogens is 1. The molecular weight excluding hydrogens is 268 g/mol. The van der Waals surface area contributed by atoms with Crippen molar-refractivity contribution in [2.45, 2.75) is 40.2 Å². The average molecular weight is 290 g/mol. The molecule has 0 unspecified atom stereocenters. The van der Waals surface area contributed by atoms with Crippen molar-refractivity contribution in [2.24, 2.45) is 5.73 Å². The van der Waals surface area contributed by atoms with Gasteiger partial charge in [-0.2, -0.15) is 0 Å². The van der Waals surface area contributed by atoms with Crippen LogP contribution in [0.5, 0.6) is 5.75 Å². The summed E-state index contributed by atoms with van der Waals surface area (Å²) >= 11 is 1.71. The number of benzene rings is 1. The third-order valence-corrected chi connectivity index (χ3v) is 4.44. The minimum Gasteiger partial charge on any atom is -0.493 e. The Morgan fingerprint density at radius 2 is 2.10 bits per heavy atom. The van der Waals surface area contributed by atoms with Crippen molar-refractivity contribution in [3.63, 3.8) is 0 Å². The molecule has 0 saturated carbocycles. The monoisotopic (exact) mass is 290 g/mol. The fourth-order valence-corrected chi connectivity index (χ4v) is 3.11. The smallest absolute Gasteiger partial charge is 0.122 e. The summed E-state index contributed by atoms with van der Waals surface area (Å²) in [6, 6.07) is 6.28. The quantitative estimate of drug-likeness (QED) is 0.887. The second kappa shape index (κ2) is 6.86. The van der Waals surface area contributed by atoms with Crippen LogP contribution in [0.15, 0.2) is 18.2 Å². The van der Waals surface area contributed by atoms with E-state index in [4.69, 9.17) is 10.5 Å². The van der Waals surface area contributed by atoms with E-state index < -0.39 is 0 Å². The van der Waals surface area contributed by atoms with Gasteiger partial charge in [0.2, 0.25) is 0 Å². The van der Waals surface area contributed by atoms with Gasteiger partial charge in [0.05, 0.1) is 17.3 Å². The number of hydrogen-bond acceptors (Lipinski definition) is 4. The Balaban J connectivity index is 1.95. The van der Waals surface area contributed by atoms with E-state index in [1.165, 1.54) is 16.0 Å². The van der Waals surface area contributed by atoms with Crippen LogP contribution in [-0.2, 0) is 19.4 Å². The molecule has 0 radical (unpaired) electrons. The summed E-state index contributed by atoms with van der Waals surface area (Å²) in [7, 11) is 0. The molecular formula is C16H22N2OS. The second-order valence-electron chi connectivity index (χ2n) is 4.90. The van der Waals surface area contributed by atoms with Crippen molar-refractivity contribution >= 4 is 11.3 Å². The van der Waals surface area contributed by atoms with Gasteiger partial charge in [-0.15, -0.1) is 11.3 Å². The van der Waals surface area contributed by atoms with Crippen molar-refractivity contribution in [1.82, 2.24) is 4.98 Å². The van der Waals surface area contributed by atoms with Gasteiger partial charge in [0.15, 0.2) is 0 Å². The molecule has 0 fully saturated rings. The van der Waals surface area contributed by atoms with Crippen LogP contribution >= 0.6 is 11.3 Å². The predicted molar refractivity (Wildman–Crippen MR) is 84.5 cm³/mol. The lowest BCUT2D eigenvalue weighted by Gasteiger charge is -2.08. The molecule has 1 aromatic heterocycles. The first-order valence-electron chi connectivity index (χ1n) is 7.01. The third-order valence-electron chi connectivity index (χ3n) is 3.26. The van der Waals surface area contributed by atoms with Gasteiger partial charge in [-0.05, 0) is 37.5 Å². The van der Waals surface area contributed by atoms with Crippen LogP contribution in [0.25, 0.3) is 0 Å². The van der Waals surface area contributed by atoms with E-state index in [2.05, 4.69) is 44.0 Å². The first-order valence-corrected chi connectivity index (χ1v) is 7.83. The molecule has 2 N–H and O–H groups in total. The Kier molecular flexibility index (Phi) is 5.15. The predicted octanol–water partition coefficient (Wildman–Crippen LogP) is 3.40. The summed E-state index contributed by atoms with van der Waals surface area (Å²) in [5, 5.41) is 1.12. The van der Waals surface area contributed by atoms with Gasteiger partial charge in [0.25, 0.3) is 0 Å². The minimum atomic E-state index is 0.582. The first kappa shape index (κ1) is 15.0. The Morgan fingerprint density at radius 3 is 2.75 bits per heavy atom. The molecule has 0 spiro atoms. The number of nitrogens with zero attached hydrogens (tertiary/aromatic N) is 1. The van der Waals surface area contributed by atoms with Crippen LogP contribution < -0.4 is 10.5 Å². The third kappa shape index (κ3) is 3.58. The summed E-state index contributed by atoms with van der Waals surface area (Å²) in [6.07, 6.45) is 1.78. The van der Waals surface area contributed by atoms with Crippen LogP contribution in [-0.4, -0.2) is 11.6 Å². The molecule has 4 heteroatoms. The number of thiazole rings is 1. The zero-order chi connectivity index (χ0) is 14.5. The van der Waals surface area contributed by atoms with E-state index in [0.717, 1.165) is 29.3 Å². The van der Waals surface area contributed by atoms with Gasteiger partial charge in [-0.1, -0.05) is 19.1 Å². The van der Waals surface area contributed by atoms with E-state index in [9.17, 15) is 0 Å². The number of aryl methyl sites for hydroxylation is 3. The van der Waals surface area contributed by atoms with E-state index in [0.29, 0.717) is 13.2 Å². The molecule has 108 valence electrons. The molecule has 0 aliphatic carbocycles. The Morgan fingerprint density at radius 1 is 1.30 bits per heavy atom. The Hall–Kier alpha value is -1.39. The van der Waals surface area contributed by atoms with E-state index in [1.54, 1.807) is 11.3 Å². The zero-order valence-electron chi connectivity index (χ0n) is 12.4. The second-order valence-corrected chi connectivity index (χ2v) is 6.07. The largest absolute Gasteiger partial charge is 0.493 e. The lowest BCUT2D eigenvalue weighted by molar-refractivity contribution is 0.319. The normalized spacial score (nSPS) is 10.8. The highest BCUT2D eigenvalue weighted by molar-refractivity contribution is 7.11. The maximum absolute atomic E-state index is 5.87. The molecule has 20 heavy (non-hydrogen) atoms. The summed E-state index contributed by atoms with van der Waals surface area (Å²) in [5.74, 6) is 0.969. The minimum absolute atomic E-state index is 0.582. The molecule has 0 saturated heterocycles. The maximum Gasteiger partial charge on any atom is 0.122 e. The zero-order valence-corrected chi connectivity index (χ0v) is 13.2. The van der Waals surface area contributed by atoms with Crippen LogP contribution in [0.2, 0.25) is 0 Å². The van der Waals surface area contributed by atoms with Gasteiger partial charge in [-0.25, -0.2) is 4.98 Å². The van der Waals surface area contributed by atoms with Gasteiger partial charge in [0.1, 0.15) is 5.75 Å². The standard InChI is InChI=1S/C16H22N2OS/c1-4-13-15(10-17)20-16(18-13)7-8-19-14-9-11(2)5-6-12(14)3/h5-6,9H,4,7-8,10,17H2,1-3H3. The molecule has 0 bridgehead atoms. The van der Waals surface area contributed by atoms with Crippen LogP contribution in [0.4, 0.5) is 0 Å². The van der Waals surface area contributed by atoms with Crippen LogP contribution in [0.3, 0.4) is 0 Å². The number of hydrogen-bond donors (Lipinski definition) is 1. The highest BCUT2D eigenvalue weighted by atomic mass is 32.1. The van der Waals surface area contributed by atoms with E-state index >= 15 is 0 Å². The molecule has 3 nitrogen and oxygen atoms in total. The van der Waals surface area contributed by atoms with Crippen molar-refractivity contribution in [3.8, 4) is 5.75 Å². The number of ether oxygens (including phenoxy) is 1. The molecule has 2 rings (SSSR count). The van der Waals surface area contributed by atoms with Crippen LogP contribution in [0, 0.1) is 13.8 Å². The summed E-state index contributed by atoms with van der Waals surface area (Å²) < 4.78 is 5.87. The first-order chi connectivity index (χ1) is 9.63. The lowest BCUT2D eigenvalue weighted by atomic mass is 10.1. The topological polar surface area (TPSA) is 48.1 Å². The number of rotatable bonds is 6. The van der Waals surface area contributed by atoms with Gasteiger partial charge in [0, 0.05) is 17.8 Å². The number of nitrogens with two attached hydrogens (primary N) is 1. The van der Waals surface area contributed by atoms with E-state index in [-0.39, 0.29) is 0 Å². The summed E-state index contributed by atoms with van der Waals surface area (Å²) in [6.45, 7) is 7.50. The average Bonchev–Trinajstić information content (AvgIpc) is 2.85. The molecule has 0 aliphatic heterocycles. The van der Waals surface area contributed by atoms with Crippen molar-refractivity contribution in [3.05, 3.63) is 44.9 Å². The summed E-state index contributed by atoms with van der Waals surface area (Å²) in [5.41, 5.74) is 9.27. The van der Waals surface area contributed by atoms with Gasteiger partial charge < -0.3 is 10.5 Å². The Labute approximate surface area is 124 Å². The van der Waals surface area contributed by atoms with Crippen molar-refractivity contribution in [1.29, 1.82) is 0 Å². The molecule has 0 atom stereocenters. The lowest BCUT2D eigenvalue weighted by Crippen LogP contribution is -2.02. The van der Waals surface area contributed by atoms with Crippen molar-refractivity contribution in [2.75, 3.05) is 6.61 Å². The molecule has 0 amide bonds. The Bertz CT molecular complexity index is 556. The van der Waals surface area contributed by atoms with Gasteiger partial charge >= 0.3 is 0 Å². The molecule has 0 aliphatic rings. The molecule has 1 aromatic carbocycles. The fraction of sp³-hybridized carbons (Fsp3) is 0.438. The van der Waals surface area contributed by atoms with Gasteiger partial charge in [-0.3, -0.25) is 0 Å². The highest BCUT2D eigenvalue weighted by Crippen LogP contribution is 2.21. The SMILES string of the molecule is CCc1nc(CCOc2cc(C)ccc2C)sc1CN. The molecule has 2 aromatic rings.